The molecule has 0 radical (unpaired) electrons. The SMILES string of the molecule is CC(C)(CO)COC(=O)c1c[c]([Na])cc(C(=O)OCC(C)(C)CO)c1S(=O)(=O)O. The molecular weight excluding hydrogens is 415 g/mol. The molecule has 0 atom stereocenters. The zero-order valence-electron chi connectivity index (χ0n) is 17.2. The Labute approximate surface area is 187 Å². The Morgan fingerprint density at radius 2 is 1.28 bits per heavy atom. The molecule has 158 valence electrons. The van der Waals surface area contributed by atoms with Gasteiger partial charge in [0.25, 0.3) is 0 Å². The van der Waals surface area contributed by atoms with Gasteiger partial charge in [-0.05, 0) is 0 Å². The second-order valence-electron chi connectivity index (χ2n) is 8.46. The molecule has 1 aromatic rings. The van der Waals surface area contributed by atoms with Gasteiger partial charge in [-0.2, -0.15) is 0 Å². The van der Waals surface area contributed by atoms with E-state index in [1.165, 1.54) is 12.1 Å². The van der Waals surface area contributed by atoms with E-state index in [2.05, 4.69) is 0 Å². The van der Waals surface area contributed by atoms with Crippen LogP contribution in [0.2, 0.25) is 0 Å². The summed E-state index contributed by atoms with van der Waals surface area (Å²) in [5, 5.41) is 18.5. The summed E-state index contributed by atoms with van der Waals surface area (Å²) in [5.41, 5.74) is -2.49. The zero-order chi connectivity index (χ0) is 22.6. The fourth-order valence-corrected chi connectivity index (χ4v) is 3.54. The van der Waals surface area contributed by atoms with Gasteiger partial charge in [-0.3, -0.25) is 0 Å². The molecule has 9 nitrogen and oxygen atoms in total. The van der Waals surface area contributed by atoms with Crippen molar-refractivity contribution in [3.05, 3.63) is 23.3 Å². The number of aliphatic hydroxyl groups is 2. The molecule has 0 bridgehead atoms. The minimum absolute atomic E-state index is 0.205. The summed E-state index contributed by atoms with van der Waals surface area (Å²) in [6.45, 7) is 5.59. The molecule has 0 aliphatic rings. The predicted octanol–water partition coefficient (Wildman–Crippen LogP) is 0.0777. The van der Waals surface area contributed by atoms with Gasteiger partial charge in [0, 0.05) is 0 Å². The number of carbonyl (C=O) groups is 2. The number of aliphatic hydroxyl groups excluding tert-OH is 2. The van der Waals surface area contributed by atoms with Gasteiger partial charge in [0.2, 0.25) is 0 Å². The van der Waals surface area contributed by atoms with Gasteiger partial charge in [-0.25, -0.2) is 0 Å². The first-order valence-corrected chi connectivity index (χ1v) is 11.3. The van der Waals surface area contributed by atoms with Gasteiger partial charge in [0.1, 0.15) is 0 Å². The molecular formula is C18H25NaO9S. The second-order valence-corrected chi connectivity index (χ2v) is 11.0. The van der Waals surface area contributed by atoms with Crippen molar-refractivity contribution >= 4 is 52.8 Å². The first kappa shape index (κ1) is 26.0. The van der Waals surface area contributed by atoms with E-state index >= 15 is 0 Å². The van der Waals surface area contributed by atoms with Crippen molar-refractivity contribution in [1.82, 2.24) is 0 Å². The van der Waals surface area contributed by atoms with Crippen molar-refractivity contribution in [2.75, 3.05) is 26.4 Å². The molecule has 0 fully saturated rings. The minimum atomic E-state index is -4.97. The molecule has 1 rings (SSSR count). The van der Waals surface area contributed by atoms with E-state index in [-0.39, 0.29) is 26.4 Å². The first-order chi connectivity index (χ1) is 13.1. The maximum absolute atomic E-state index is 12.5. The number of hydrogen-bond acceptors (Lipinski definition) is 8. The van der Waals surface area contributed by atoms with Crippen LogP contribution in [0.25, 0.3) is 0 Å². The molecule has 0 aliphatic carbocycles. The van der Waals surface area contributed by atoms with Gasteiger partial charge in [0.05, 0.1) is 0 Å². The molecule has 0 heterocycles. The molecule has 1 aromatic carbocycles. The number of carbonyl (C=O) groups excluding carboxylic acids is 2. The fourth-order valence-electron chi connectivity index (χ4n) is 2.12. The van der Waals surface area contributed by atoms with E-state index < -0.39 is 48.9 Å². The average Bonchev–Trinajstić information content (AvgIpc) is 2.62. The van der Waals surface area contributed by atoms with Gasteiger partial charge in [-0.1, -0.05) is 0 Å². The molecule has 0 aliphatic heterocycles. The van der Waals surface area contributed by atoms with Gasteiger partial charge >= 0.3 is 188 Å². The van der Waals surface area contributed by atoms with Crippen LogP contribution in [0, 0.1) is 10.8 Å². The third-order valence-electron chi connectivity index (χ3n) is 3.98. The van der Waals surface area contributed by atoms with Crippen LogP contribution >= 0.6 is 0 Å². The van der Waals surface area contributed by atoms with Crippen molar-refractivity contribution in [3.8, 4) is 0 Å². The summed E-state index contributed by atoms with van der Waals surface area (Å²) in [7, 11) is -4.97. The molecule has 0 spiro atoms. The third-order valence-corrected chi connectivity index (χ3v) is 5.51. The van der Waals surface area contributed by atoms with E-state index in [0.717, 1.165) is 0 Å². The van der Waals surface area contributed by atoms with E-state index in [0.29, 0.717) is 30.7 Å². The summed E-state index contributed by atoms with van der Waals surface area (Å²) in [6.07, 6.45) is 0. The molecule has 3 N–H and O–H groups in total. The fraction of sp³-hybridized carbons (Fsp3) is 0.556. The summed E-state index contributed by atoms with van der Waals surface area (Å²) in [6, 6.07) is 2.47. The van der Waals surface area contributed by atoms with Crippen LogP contribution in [-0.2, 0) is 19.6 Å². The van der Waals surface area contributed by atoms with Crippen LogP contribution in [0.4, 0.5) is 0 Å². The molecule has 0 saturated heterocycles. The van der Waals surface area contributed by atoms with Crippen molar-refractivity contribution in [2.24, 2.45) is 10.8 Å². The normalized spacial score (nSPS) is 12.6. The number of ether oxygens (including phenoxy) is 2. The van der Waals surface area contributed by atoms with Crippen LogP contribution in [0.5, 0.6) is 0 Å². The van der Waals surface area contributed by atoms with Crippen LogP contribution in [0.3, 0.4) is 0 Å². The molecule has 0 amide bonds. The van der Waals surface area contributed by atoms with Crippen molar-refractivity contribution < 1.29 is 42.2 Å². The number of rotatable bonds is 9. The van der Waals surface area contributed by atoms with Crippen molar-refractivity contribution in [3.63, 3.8) is 0 Å². The molecule has 0 aromatic heterocycles. The first-order valence-electron chi connectivity index (χ1n) is 8.82. The quantitative estimate of drug-likeness (QED) is 0.276. The Hall–Kier alpha value is -1.01. The Morgan fingerprint density at radius 3 is 1.55 bits per heavy atom. The van der Waals surface area contributed by atoms with Gasteiger partial charge in [-0.15, -0.1) is 0 Å². The molecule has 29 heavy (non-hydrogen) atoms. The monoisotopic (exact) mass is 440 g/mol. The molecule has 0 saturated carbocycles. The van der Waals surface area contributed by atoms with Crippen molar-refractivity contribution in [1.29, 1.82) is 0 Å². The Morgan fingerprint density at radius 1 is 0.931 bits per heavy atom. The third kappa shape index (κ3) is 7.63. The Balaban J connectivity index is 3.38. The number of esters is 2. The molecule has 11 heteroatoms. The van der Waals surface area contributed by atoms with E-state index in [9.17, 15) is 32.8 Å². The summed E-state index contributed by atoms with van der Waals surface area (Å²) >= 11 is 0.367. The van der Waals surface area contributed by atoms with Crippen LogP contribution in [0.15, 0.2) is 17.0 Å². The van der Waals surface area contributed by atoms with Gasteiger partial charge in [0.15, 0.2) is 0 Å². The average molecular weight is 440 g/mol. The van der Waals surface area contributed by atoms with Crippen molar-refractivity contribution in [2.45, 2.75) is 32.6 Å². The summed E-state index contributed by atoms with van der Waals surface area (Å²) in [4.78, 5) is 24.1. The second kappa shape index (κ2) is 9.86. The summed E-state index contributed by atoms with van der Waals surface area (Å²) in [5.74, 6) is -2.11. The zero-order valence-corrected chi connectivity index (χ0v) is 20.0. The standard InChI is InChI=1S/C18H25O9S.Na/c1-17(2,8-19)10-26-15(21)12-6-5-7-13(14(12)28(23,24)25)16(22)27-11-18(3,4)9-20;/h6-7,19-20H,8-11H2,1-4H3,(H,23,24,25);. The van der Waals surface area contributed by atoms with Crippen LogP contribution < -0.4 is 2.81 Å². The number of hydrogen-bond donors (Lipinski definition) is 3. The number of benzene rings is 1. The molecule has 0 unspecified atom stereocenters. The van der Waals surface area contributed by atoms with Crippen LogP contribution in [-0.4, -0.2) is 89.5 Å². The predicted molar refractivity (Wildman–Crippen MR) is 104 cm³/mol. The Bertz CT molecular complexity index is 822. The van der Waals surface area contributed by atoms with Gasteiger partial charge < -0.3 is 0 Å². The van der Waals surface area contributed by atoms with E-state index in [1.54, 1.807) is 27.7 Å². The van der Waals surface area contributed by atoms with Crippen LogP contribution in [0.1, 0.15) is 48.4 Å². The van der Waals surface area contributed by atoms with E-state index in [4.69, 9.17) is 9.47 Å². The Kier molecular flexibility index (Phi) is 8.85. The van der Waals surface area contributed by atoms with E-state index in [1.807, 2.05) is 0 Å². The summed E-state index contributed by atoms with van der Waals surface area (Å²) < 4.78 is 44.3. The topological polar surface area (TPSA) is 147 Å². The maximum atomic E-state index is 12.5.